The molecule has 3 aromatic rings. The van der Waals surface area contributed by atoms with E-state index in [2.05, 4.69) is 4.98 Å². The summed E-state index contributed by atoms with van der Waals surface area (Å²) in [6, 6.07) is 13.7. The molecule has 0 amide bonds. The highest BCUT2D eigenvalue weighted by Gasteiger charge is 2.12. The number of hydrogen-bond donors (Lipinski definition) is 1. The lowest BCUT2D eigenvalue weighted by Gasteiger charge is -2.07. The highest BCUT2D eigenvalue weighted by atomic mass is 32.1. The van der Waals surface area contributed by atoms with Gasteiger partial charge in [-0.1, -0.05) is 23.8 Å². The van der Waals surface area contributed by atoms with Gasteiger partial charge in [0.25, 0.3) is 5.56 Å². The van der Waals surface area contributed by atoms with Crippen molar-refractivity contribution < 1.29 is 0 Å². The number of nitrogens with zero attached hydrogens (tertiary/aromatic N) is 1. The number of aryl methyl sites for hydroxylation is 1. The van der Waals surface area contributed by atoms with Gasteiger partial charge in [-0.15, -0.1) is 0 Å². The van der Waals surface area contributed by atoms with E-state index in [4.69, 9.17) is 0 Å². The van der Waals surface area contributed by atoms with Crippen LogP contribution >= 0.6 is 11.3 Å². The molecule has 0 aliphatic rings. The Morgan fingerprint density at radius 3 is 2.71 bits per heavy atom. The van der Waals surface area contributed by atoms with Crippen molar-refractivity contribution in [3.05, 3.63) is 68.6 Å². The molecule has 0 saturated heterocycles. The van der Waals surface area contributed by atoms with E-state index in [0.717, 1.165) is 22.4 Å². The number of H-pyrrole nitrogens is 1. The molecule has 0 aliphatic heterocycles. The average Bonchev–Trinajstić information content (AvgIpc) is 3.00. The second-order valence-electron chi connectivity index (χ2n) is 4.79. The summed E-state index contributed by atoms with van der Waals surface area (Å²) < 4.78 is 0. The number of nitriles is 1. The minimum Gasteiger partial charge on any atom is -0.321 e. The smallest absolute Gasteiger partial charge is 0.266 e. The maximum atomic E-state index is 12.2. The van der Waals surface area contributed by atoms with Crippen molar-refractivity contribution in [3.8, 4) is 28.5 Å². The van der Waals surface area contributed by atoms with Crippen LogP contribution in [0.3, 0.4) is 0 Å². The summed E-state index contributed by atoms with van der Waals surface area (Å²) in [5.74, 6) is 0. The Morgan fingerprint density at radius 2 is 2.05 bits per heavy atom. The van der Waals surface area contributed by atoms with Crippen LogP contribution in [-0.4, -0.2) is 4.98 Å². The van der Waals surface area contributed by atoms with Gasteiger partial charge in [-0.05, 0) is 47.0 Å². The summed E-state index contributed by atoms with van der Waals surface area (Å²) in [4.78, 5) is 15.0. The molecule has 0 saturated carbocycles. The maximum Gasteiger partial charge on any atom is 0.266 e. The Bertz CT molecular complexity index is 886. The van der Waals surface area contributed by atoms with Crippen LogP contribution in [0.1, 0.15) is 11.1 Å². The first kappa shape index (κ1) is 13.3. The molecule has 3 rings (SSSR count). The molecule has 102 valence electrons. The quantitative estimate of drug-likeness (QED) is 0.777. The number of pyridine rings is 1. The predicted octanol–water partition coefficient (Wildman–Crippen LogP) is 3.95. The Balaban J connectivity index is 2.26. The highest BCUT2D eigenvalue weighted by Crippen LogP contribution is 2.27. The molecule has 0 aliphatic carbocycles. The second kappa shape index (κ2) is 5.39. The first-order chi connectivity index (χ1) is 10.2. The van der Waals surface area contributed by atoms with E-state index >= 15 is 0 Å². The van der Waals surface area contributed by atoms with Crippen molar-refractivity contribution in [1.82, 2.24) is 4.98 Å². The number of rotatable bonds is 2. The largest absolute Gasteiger partial charge is 0.321 e. The lowest BCUT2D eigenvalue weighted by atomic mass is 10.0. The lowest BCUT2D eigenvalue weighted by Crippen LogP contribution is -2.12. The Labute approximate surface area is 126 Å². The summed E-state index contributed by atoms with van der Waals surface area (Å²) in [5, 5.41) is 13.1. The standard InChI is InChI=1S/C17H12N2OS/c1-11-3-2-4-12(7-11)16-8-14(13-5-6-21-10-13)15(9-18)17(20)19-16/h2-8,10H,1H3,(H,19,20). The van der Waals surface area contributed by atoms with Crippen LogP contribution in [0.25, 0.3) is 22.4 Å². The zero-order valence-electron chi connectivity index (χ0n) is 11.4. The average molecular weight is 292 g/mol. The summed E-state index contributed by atoms with van der Waals surface area (Å²) in [6.07, 6.45) is 0. The summed E-state index contributed by atoms with van der Waals surface area (Å²) in [5.41, 5.74) is 4.17. The Hall–Kier alpha value is -2.64. The minimum absolute atomic E-state index is 0.157. The van der Waals surface area contributed by atoms with Crippen LogP contribution in [0.5, 0.6) is 0 Å². The number of nitrogens with one attached hydrogen (secondary N) is 1. The van der Waals surface area contributed by atoms with Crippen molar-refractivity contribution in [2.24, 2.45) is 0 Å². The third kappa shape index (κ3) is 2.51. The molecule has 0 spiro atoms. The van der Waals surface area contributed by atoms with Gasteiger partial charge in [0.05, 0.1) is 0 Å². The van der Waals surface area contributed by atoms with Crippen molar-refractivity contribution in [2.75, 3.05) is 0 Å². The second-order valence-corrected chi connectivity index (χ2v) is 5.57. The minimum atomic E-state index is -0.349. The number of thiophene rings is 1. The van der Waals surface area contributed by atoms with E-state index in [0.29, 0.717) is 5.56 Å². The van der Waals surface area contributed by atoms with Gasteiger partial charge in [-0.2, -0.15) is 16.6 Å². The molecule has 21 heavy (non-hydrogen) atoms. The molecule has 1 aromatic carbocycles. The number of aromatic nitrogens is 1. The van der Waals surface area contributed by atoms with Crippen LogP contribution in [0.2, 0.25) is 0 Å². The predicted molar refractivity (Wildman–Crippen MR) is 85.3 cm³/mol. The highest BCUT2D eigenvalue weighted by molar-refractivity contribution is 7.08. The van der Waals surface area contributed by atoms with Gasteiger partial charge in [0.15, 0.2) is 0 Å². The fourth-order valence-corrected chi connectivity index (χ4v) is 2.94. The van der Waals surface area contributed by atoms with E-state index in [1.807, 2.05) is 60.2 Å². The van der Waals surface area contributed by atoms with E-state index < -0.39 is 0 Å². The summed E-state index contributed by atoms with van der Waals surface area (Å²) >= 11 is 1.54. The van der Waals surface area contributed by atoms with Crippen LogP contribution < -0.4 is 5.56 Å². The van der Waals surface area contributed by atoms with Crippen LogP contribution in [-0.2, 0) is 0 Å². The number of hydrogen-bond acceptors (Lipinski definition) is 3. The first-order valence-corrected chi connectivity index (χ1v) is 7.40. The SMILES string of the molecule is Cc1cccc(-c2cc(-c3ccsc3)c(C#N)c(=O)[nH]2)c1. The molecular formula is C17H12N2OS. The van der Waals surface area contributed by atoms with Gasteiger partial charge in [0, 0.05) is 11.3 Å². The zero-order valence-corrected chi connectivity index (χ0v) is 12.2. The van der Waals surface area contributed by atoms with E-state index in [1.54, 1.807) is 11.3 Å². The van der Waals surface area contributed by atoms with Gasteiger partial charge in [-0.3, -0.25) is 4.79 Å². The van der Waals surface area contributed by atoms with Crippen LogP contribution in [0.4, 0.5) is 0 Å². The number of aromatic amines is 1. The summed E-state index contributed by atoms with van der Waals surface area (Å²) in [7, 11) is 0. The fourth-order valence-electron chi connectivity index (χ4n) is 2.28. The van der Waals surface area contributed by atoms with Crippen molar-refractivity contribution >= 4 is 11.3 Å². The molecule has 0 fully saturated rings. The third-order valence-electron chi connectivity index (χ3n) is 3.31. The van der Waals surface area contributed by atoms with E-state index in [1.165, 1.54) is 0 Å². The molecule has 2 heterocycles. The van der Waals surface area contributed by atoms with Gasteiger partial charge in [-0.25, -0.2) is 0 Å². The van der Waals surface area contributed by atoms with E-state index in [-0.39, 0.29) is 11.1 Å². The van der Waals surface area contributed by atoms with Gasteiger partial charge < -0.3 is 4.98 Å². The lowest BCUT2D eigenvalue weighted by molar-refractivity contribution is 1.22. The van der Waals surface area contributed by atoms with Crippen molar-refractivity contribution in [2.45, 2.75) is 6.92 Å². The molecule has 0 bridgehead atoms. The molecule has 1 N–H and O–H groups in total. The van der Waals surface area contributed by atoms with E-state index in [9.17, 15) is 10.1 Å². The zero-order chi connectivity index (χ0) is 14.8. The maximum absolute atomic E-state index is 12.2. The molecule has 3 nitrogen and oxygen atoms in total. The van der Waals surface area contributed by atoms with Gasteiger partial charge in [0.2, 0.25) is 0 Å². The normalized spacial score (nSPS) is 10.3. The Morgan fingerprint density at radius 1 is 1.19 bits per heavy atom. The molecular weight excluding hydrogens is 280 g/mol. The van der Waals surface area contributed by atoms with Gasteiger partial charge >= 0.3 is 0 Å². The van der Waals surface area contributed by atoms with Crippen molar-refractivity contribution in [1.29, 1.82) is 5.26 Å². The first-order valence-electron chi connectivity index (χ1n) is 6.46. The van der Waals surface area contributed by atoms with Crippen LogP contribution in [0.15, 0.2) is 52.0 Å². The monoisotopic (exact) mass is 292 g/mol. The third-order valence-corrected chi connectivity index (χ3v) is 3.99. The topological polar surface area (TPSA) is 56.6 Å². The van der Waals surface area contributed by atoms with Crippen molar-refractivity contribution in [3.63, 3.8) is 0 Å². The molecule has 0 radical (unpaired) electrons. The Kier molecular flexibility index (Phi) is 3.43. The van der Waals surface area contributed by atoms with Gasteiger partial charge in [0.1, 0.15) is 11.6 Å². The summed E-state index contributed by atoms with van der Waals surface area (Å²) in [6.45, 7) is 2.01. The molecule has 2 aromatic heterocycles. The molecule has 4 heteroatoms. The fraction of sp³-hybridized carbons (Fsp3) is 0.0588. The molecule has 0 atom stereocenters. The van der Waals surface area contributed by atoms with Crippen LogP contribution in [0, 0.1) is 18.3 Å². The number of benzene rings is 1. The molecule has 0 unspecified atom stereocenters.